The molecule has 0 bridgehead atoms. The lowest BCUT2D eigenvalue weighted by Crippen LogP contribution is -2.30. The predicted molar refractivity (Wildman–Crippen MR) is 81.3 cm³/mol. The van der Waals surface area contributed by atoms with Crippen LogP contribution in [0.4, 0.5) is 5.82 Å². The number of hydrogen-bond acceptors (Lipinski definition) is 8. The van der Waals surface area contributed by atoms with Crippen LogP contribution in [0.25, 0.3) is 11.2 Å². The molecule has 2 saturated heterocycles. The molecule has 0 aliphatic carbocycles. The van der Waals surface area contributed by atoms with Crippen molar-refractivity contribution in [1.82, 2.24) is 19.5 Å². The maximum Gasteiger partial charge on any atom is 0.167 e. The van der Waals surface area contributed by atoms with Gasteiger partial charge in [-0.3, -0.25) is 4.57 Å². The summed E-state index contributed by atoms with van der Waals surface area (Å²) in [5, 5.41) is 0. The van der Waals surface area contributed by atoms with Crippen LogP contribution in [-0.2, 0) is 14.2 Å². The molecular weight excluding hydrogens is 306 g/mol. The molecule has 9 heteroatoms. The summed E-state index contributed by atoms with van der Waals surface area (Å²) in [6.07, 6.45) is 2.09. The van der Waals surface area contributed by atoms with Crippen molar-refractivity contribution in [2.75, 3.05) is 11.5 Å². The molecule has 8 nitrogen and oxygen atoms in total. The van der Waals surface area contributed by atoms with Gasteiger partial charge in [-0.25, -0.2) is 15.0 Å². The number of ether oxygens (including phenoxy) is 3. The summed E-state index contributed by atoms with van der Waals surface area (Å²) in [5.41, 5.74) is 7.00. The third-order valence-electron chi connectivity index (χ3n) is 3.97. The minimum absolute atomic E-state index is 0.156. The van der Waals surface area contributed by atoms with Crippen molar-refractivity contribution in [3.8, 4) is 0 Å². The van der Waals surface area contributed by atoms with Gasteiger partial charge in [0.05, 0.1) is 12.4 Å². The molecule has 0 amide bonds. The maximum atomic E-state index is 6.06. The van der Waals surface area contributed by atoms with Crippen molar-refractivity contribution in [3.05, 3.63) is 12.7 Å². The molecule has 4 rings (SSSR count). The Morgan fingerprint density at radius 1 is 1.27 bits per heavy atom. The first kappa shape index (κ1) is 14.2. The average Bonchev–Trinajstić information content (AvgIpc) is 3.10. The molecule has 0 spiro atoms. The molecule has 2 N–H and O–H groups in total. The minimum Gasteiger partial charge on any atom is -0.382 e. The van der Waals surface area contributed by atoms with Crippen molar-refractivity contribution in [3.63, 3.8) is 0 Å². The Morgan fingerprint density at radius 3 is 2.82 bits per heavy atom. The van der Waals surface area contributed by atoms with E-state index in [4.69, 9.17) is 19.9 Å². The standard InChI is InChI=1S/C13H17N5O3S/c1-13(2)20-8-6(3-22)19-12(9(8)21-13)18-5-17-7-10(14)15-4-16-11(7)18/h4-6,8-9,12,22H,3H2,1-2H3,(H2,14,15,16)/t6-,8+,9-,12-/m1/s1. The van der Waals surface area contributed by atoms with Crippen molar-refractivity contribution in [2.24, 2.45) is 0 Å². The topological polar surface area (TPSA) is 97.3 Å². The molecule has 2 aromatic heterocycles. The Hall–Kier alpha value is -1.42. The monoisotopic (exact) mass is 323 g/mol. The number of rotatable bonds is 2. The number of fused-ring (bicyclic) bond motifs is 2. The number of imidazole rings is 1. The van der Waals surface area contributed by atoms with Gasteiger partial charge in [0.15, 0.2) is 23.5 Å². The summed E-state index contributed by atoms with van der Waals surface area (Å²) in [6.45, 7) is 3.79. The minimum atomic E-state index is -0.650. The summed E-state index contributed by atoms with van der Waals surface area (Å²) >= 11 is 4.35. The van der Waals surface area contributed by atoms with Crippen LogP contribution >= 0.6 is 12.6 Å². The van der Waals surface area contributed by atoms with E-state index in [1.165, 1.54) is 6.33 Å². The van der Waals surface area contributed by atoms with E-state index in [1.54, 1.807) is 6.33 Å². The highest BCUT2D eigenvalue weighted by atomic mass is 32.1. The number of nitrogen functional groups attached to an aromatic ring is 1. The largest absolute Gasteiger partial charge is 0.382 e. The van der Waals surface area contributed by atoms with E-state index < -0.39 is 5.79 Å². The van der Waals surface area contributed by atoms with E-state index >= 15 is 0 Å². The zero-order valence-electron chi connectivity index (χ0n) is 12.2. The van der Waals surface area contributed by atoms with Gasteiger partial charge in [-0.2, -0.15) is 12.6 Å². The van der Waals surface area contributed by atoms with Crippen molar-refractivity contribution < 1.29 is 14.2 Å². The lowest BCUT2D eigenvalue weighted by Gasteiger charge is -2.24. The highest BCUT2D eigenvalue weighted by Gasteiger charge is 2.55. The Kier molecular flexibility index (Phi) is 3.09. The van der Waals surface area contributed by atoms with Gasteiger partial charge in [-0.15, -0.1) is 0 Å². The van der Waals surface area contributed by atoms with E-state index in [2.05, 4.69) is 27.6 Å². The SMILES string of the molecule is CC1(C)O[C@@H]2[C@@H](O1)[C@@H](CS)O[C@H]2n1cnc2c(N)ncnc21. The highest BCUT2D eigenvalue weighted by Crippen LogP contribution is 2.43. The molecule has 2 aliphatic heterocycles. The zero-order valence-corrected chi connectivity index (χ0v) is 13.1. The highest BCUT2D eigenvalue weighted by molar-refractivity contribution is 7.80. The Morgan fingerprint density at radius 2 is 2.05 bits per heavy atom. The van der Waals surface area contributed by atoms with Gasteiger partial charge >= 0.3 is 0 Å². The lowest BCUT2D eigenvalue weighted by molar-refractivity contribution is -0.193. The van der Waals surface area contributed by atoms with Crippen LogP contribution in [0, 0.1) is 0 Å². The summed E-state index contributed by atoms with van der Waals surface area (Å²) in [6, 6.07) is 0. The smallest absolute Gasteiger partial charge is 0.167 e. The van der Waals surface area contributed by atoms with Gasteiger partial charge in [0, 0.05) is 5.75 Å². The summed E-state index contributed by atoms with van der Waals surface area (Å²) in [5.74, 6) is 0.233. The number of hydrogen-bond donors (Lipinski definition) is 2. The first-order chi connectivity index (χ1) is 10.5. The first-order valence-corrected chi connectivity index (χ1v) is 7.68. The van der Waals surface area contributed by atoms with Gasteiger partial charge in [0.2, 0.25) is 0 Å². The van der Waals surface area contributed by atoms with Crippen molar-refractivity contribution in [1.29, 1.82) is 0 Å². The molecule has 4 heterocycles. The molecule has 0 saturated carbocycles. The lowest BCUT2D eigenvalue weighted by atomic mass is 10.1. The number of anilines is 1. The van der Waals surface area contributed by atoms with Gasteiger partial charge in [-0.1, -0.05) is 0 Å². The summed E-state index contributed by atoms with van der Waals surface area (Å²) in [4.78, 5) is 12.5. The fourth-order valence-corrected chi connectivity index (χ4v) is 3.38. The normalized spacial score (nSPS) is 33.4. The molecule has 0 radical (unpaired) electrons. The van der Waals surface area contributed by atoms with Crippen LogP contribution in [0.15, 0.2) is 12.7 Å². The molecule has 118 valence electrons. The average molecular weight is 323 g/mol. The Bertz CT molecular complexity index is 721. The number of thiol groups is 1. The van der Waals surface area contributed by atoms with Crippen LogP contribution in [0.3, 0.4) is 0 Å². The number of nitrogens with zero attached hydrogens (tertiary/aromatic N) is 4. The molecule has 2 aromatic rings. The van der Waals surface area contributed by atoms with Gasteiger partial charge in [-0.05, 0) is 13.8 Å². The number of nitrogens with two attached hydrogens (primary N) is 1. The first-order valence-electron chi connectivity index (χ1n) is 7.05. The fourth-order valence-electron chi connectivity index (χ4n) is 3.09. The fraction of sp³-hybridized carbons (Fsp3) is 0.615. The van der Waals surface area contributed by atoms with Crippen molar-refractivity contribution in [2.45, 2.75) is 44.2 Å². The summed E-state index contributed by atoms with van der Waals surface area (Å²) in [7, 11) is 0. The van der Waals surface area contributed by atoms with Gasteiger partial charge in [0.25, 0.3) is 0 Å². The van der Waals surface area contributed by atoms with Crippen LogP contribution < -0.4 is 5.73 Å². The van der Waals surface area contributed by atoms with Crippen LogP contribution in [-0.4, -0.2) is 49.4 Å². The van der Waals surface area contributed by atoms with E-state index in [-0.39, 0.29) is 24.5 Å². The van der Waals surface area contributed by atoms with E-state index in [9.17, 15) is 0 Å². The molecule has 0 aromatic carbocycles. The molecular formula is C13H17N5O3S. The molecule has 0 unspecified atom stereocenters. The Balaban J connectivity index is 1.77. The second kappa shape index (κ2) is 4.79. The quantitative estimate of drug-likeness (QED) is 0.787. The van der Waals surface area contributed by atoms with Crippen LogP contribution in [0.5, 0.6) is 0 Å². The Labute approximate surface area is 132 Å². The zero-order chi connectivity index (χ0) is 15.5. The second-order valence-corrected chi connectivity index (χ2v) is 6.26. The molecule has 2 fully saturated rings. The van der Waals surface area contributed by atoms with Gasteiger partial charge in [0.1, 0.15) is 24.1 Å². The van der Waals surface area contributed by atoms with E-state index in [1.807, 2.05) is 18.4 Å². The van der Waals surface area contributed by atoms with Crippen molar-refractivity contribution >= 4 is 29.6 Å². The third-order valence-corrected chi connectivity index (χ3v) is 4.33. The maximum absolute atomic E-state index is 6.06. The molecule has 4 atom stereocenters. The molecule has 22 heavy (non-hydrogen) atoms. The second-order valence-electron chi connectivity index (χ2n) is 5.90. The predicted octanol–water partition coefficient (Wildman–Crippen LogP) is 0.756. The molecule has 2 aliphatic rings. The van der Waals surface area contributed by atoms with Crippen LogP contribution in [0.2, 0.25) is 0 Å². The van der Waals surface area contributed by atoms with E-state index in [0.29, 0.717) is 22.7 Å². The summed E-state index contributed by atoms with van der Waals surface area (Å²) < 4.78 is 19.8. The van der Waals surface area contributed by atoms with Gasteiger partial charge < -0.3 is 19.9 Å². The number of aromatic nitrogens is 4. The van der Waals surface area contributed by atoms with Crippen LogP contribution in [0.1, 0.15) is 20.1 Å². The third kappa shape index (κ3) is 2.00. The van der Waals surface area contributed by atoms with E-state index in [0.717, 1.165) is 0 Å².